The van der Waals surface area contributed by atoms with E-state index in [0.717, 1.165) is 0 Å². The van der Waals surface area contributed by atoms with Crippen LogP contribution in [0, 0.1) is 0 Å². The summed E-state index contributed by atoms with van der Waals surface area (Å²) in [6.45, 7) is 4.10. The molecule has 5 nitrogen and oxygen atoms in total. The van der Waals surface area contributed by atoms with E-state index >= 15 is 0 Å². The second kappa shape index (κ2) is 6.08. The zero-order chi connectivity index (χ0) is 12.8. The molecule has 5 heteroatoms. The lowest BCUT2D eigenvalue weighted by Crippen LogP contribution is -2.38. The van der Waals surface area contributed by atoms with E-state index in [1.54, 1.807) is 17.0 Å². The predicted molar refractivity (Wildman–Crippen MR) is 61.5 cm³/mol. The maximum absolute atomic E-state index is 12.0. The van der Waals surface area contributed by atoms with Crippen molar-refractivity contribution >= 4 is 11.9 Å². The average molecular weight is 239 g/mol. The van der Waals surface area contributed by atoms with Gasteiger partial charge in [-0.15, -0.1) is 0 Å². The van der Waals surface area contributed by atoms with Crippen molar-refractivity contribution < 1.29 is 18.7 Å². The Hall–Kier alpha value is -1.78. The molecule has 1 amide bonds. The molecule has 0 N–H and O–H groups in total. The Balaban J connectivity index is 2.66. The van der Waals surface area contributed by atoms with Crippen molar-refractivity contribution in [2.75, 3.05) is 13.7 Å². The number of nitrogens with zero attached hydrogens (tertiary/aromatic N) is 1. The van der Waals surface area contributed by atoms with Crippen LogP contribution in [0.15, 0.2) is 22.8 Å². The molecule has 0 fully saturated rings. The Morgan fingerprint density at radius 1 is 1.47 bits per heavy atom. The number of hydrogen-bond acceptors (Lipinski definition) is 4. The van der Waals surface area contributed by atoms with E-state index in [1.807, 2.05) is 13.8 Å². The van der Waals surface area contributed by atoms with Crippen LogP contribution in [0.3, 0.4) is 0 Å². The molecule has 0 bridgehead atoms. The molecule has 0 aliphatic heterocycles. The van der Waals surface area contributed by atoms with Crippen molar-refractivity contribution in [1.82, 2.24) is 4.90 Å². The summed E-state index contributed by atoms with van der Waals surface area (Å²) in [6.07, 6.45) is 1.63. The van der Waals surface area contributed by atoms with Gasteiger partial charge in [0.2, 0.25) is 0 Å². The first-order valence-electron chi connectivity index (χ1n) is 5.47. The lowest BCUT2D eigenvalue weighted by atomic mass is 10.2. The molecule has 0 unspecified atom stereocenters. The van der Waals surface area contributed by atoms with Gasteiger partial charge in [-0.25, -0.2) is 0 Å². The Bertz CT molecular complexity index is 370. The van der Waals surface area contributed by atoms with Crippen LogP contribution < -0.4 is 0 Å². The zero-order valence-electron chi connectivity index (χ0n) is 10.3. The van der Waals surface area contributed by atoms with E-state index in [1.165, 1.54) is 13.4 Å². The molecule has 1 rings (SSSR count). The molecule has 1 aromatic rings. The zero-order valence-corrected chi connectivity index (χ0v) is 10.3. The first-order chi connectivity index (χ1) is 8.06. The number of ether oxygens (including phenoxy) is 1. The fraction of sp³-hybridized carbons (Fsp3) is 0.500. The fourth-order valence-electron chi connectivity index (χ4n) is 1.45. The van der Waals surface area contributed by atoms with Crippen molar-refractivity contribution in [2.24, 2.45) is 0 Å². The van der Waals surface area contributed by atoms with Gasteiger partial charge in [-0.3, -0.25) is 9.59 Å². The van der Waals surface area contributed by atoms with Crippen molar-refractivity contribution in [1.29, 1.82) is 0 Å². The van der Waals surface area contributed by atoms with E-state index in [9.17, 15) is 9.59 Å². The molecule has 0 radical (unpaired) electrons. The second-order valence-electron chi connectivity index (χ2n) is 3.90. The van der Waals surface area contributed by atoms with E-state index in [4.69, 9.17) is 4.42 Å². The van der Waals surface area contributed by atoms with Crippen molar-refractivity contribution in [3.8, 4) is 0 Å². The van der Waals surface area contributed by atoms with E-state index in [2.05, 4.69) is 4.74 Å². The van der Waals surface area contributed by atoms with E-state index in [0.29, 0.717) is 6.54 Å². The summed E-state index contributed by atoms with van der Waals surface area (Å²) >= 11 is 0. The number of methoxy groups -OCH3 is 1. The smallest absolute Gasteiger partial charge is 0.307 e. The van der Waals surface area contributed by atoms with E-state index < -0.39 is 0 Å². The summed E-state index contributed by atoms with van der Waals surface area (Å²) in [5.41, 5.74) is 0. The topological polar surface area (TPSA) is 59.8 Å². The number of furan rings is 1. The molecule has 0 aliphatic rings. The Kier molecular flexibility index (Phi) is 4.75. The van der Waals surface area contributed by atoms with Gasteiger partial charge in [0.05, 0.1) is 19.8 Å². The van der Waals surface area contributed by atoms with Gasteiger partial charge < -0.3 is 14.1 Å². The molecule has 17 heavy (non-hydrogen) atoms. The van der Waals surface area contributed by atoms with Gasteiger partial charge in [0.1, 0.15) is 0 Å². The van der Waals surface area contributed by atoms with Gasteiger partial charge in [-0.2, -0.15) is 0 Å². The normalized spacial score (nSPS) is 10.4. The number of carbonyl (C=O) groups is 2. The highest BCUT2D eigenvalue weighted by molar-refractivity contribution is 5.91. The molecule has 0 aromatic carbocycles. The third-order valence-electron chi connectivity index (χ3n) is 2.40. The molecule has 0 saturated carbocycles. The first kappa shape index (κ1) is 13.3. The molecular weight excluding hydrogens is 222 g/mol. The van der Waals surface area contributed by atoms with Crippen LogP contribution >= 0.6 is 0 Å². The quantitative estimate of drug-likeness (QED) is 0.734. The molecule has 94 valence electrons. The Labute approximate surface area is 100 Å². The first-order valence-corrected chi connectivity index (χ1v) is 5.47. The van der Waals surface area contributed by atoms with Crippen LogP contribution in [0.1, 0.15) is 30.8 Å². The van der Waals surface area contributed by atoms with Gasteiger partial charge in [-0.1, -0.05) is 0 Å². The third-order valence-corrected chi connectivity index (χ3v) is 2.40. The minimum Gasteiger partial charge on any atom is -0.469 e. The van der Waals surface area contributed by atoms with Gasteiger partial charge in [0, 0.05) is 12.6 Å². The summed E-state index contributed by atoms with van der Waals surface area (Å²) in [4.78, 5) is 24.7. The molecule has 0 atom stereocenters. The highest BCUT2D eigenvalue weighted by atomic mass is 16.5. The molecule has 1 heterocycles. The SMILES string of the molecule is COC(=O)CCN(C(=O)c1ccco1)C(C)C. The third kappa shape index (κ3) is 3.62. The van der Waals surface area contributed by atoms with E-state index in [-0.39, 0.29) is 30.1 Å². The summed E-state index contributed by atoms with van der Waals surface area (Å²) in [6, 6.07) is 3.26. The van der Waals surface area contributed by atoms with Crippen molar-refractivity contribution in [2.45, 2.75) is 26.3 Å². The van der Waals surface area contributed by atoms with Crippen LogP contribution in [0.2, 0.25) is 0 Å². The monoisotopic (exact) mass is 239 g/mol. The second-order valence-corrected chi connectivity index (χ2v) is 3.90. The predicted octanol–water partition coefficient (Wildman–Crippen LogP) is 1.69. The van der Waals surface area contributed by atoms with Crippen LogP contribution in [0.25, 0.3) is 0 Å². The number of hydrogen-bond donors (Lipinski definition) is 0. The maximum atomic E-state index is 12.0. The number of amides is 1. The van der Waals surface area contributed by atoms with Crippen molar-refractivity contribution in [3.05, 3.63) is 24.2 Å². The van der Waals surface area contributed by atoms with Crippen LogP contribution in [0.4, 0.5) is 0 Å². The van der Waals surface area contributed by atoms with Crippen LogP contribution in [-0.4, -0.2) is 36.5 Å². The summed E-state index contributed by atoms with van der Waals surface area (Å²) in [7, 11) is 1.33. The maximum Gasteiger partial charge on any atom is 0.307 e. The fourth-order valence-corrected chi connectivity index (χ4v) is 1.45. The number of rotatable bonds is 5. The molecule has 1 aromatic heterocycles. The highest BCUT2D eigenvalue weighted by Gasteiger charge is 2.21. The largest absolute Gasteiger partial charge is 0.469 e. The summed E-state index contributed by atoms with van der Waals surface area (Å²) in [5, 5.41) is 0. The Morgan fingerprint density at radius 3 is 2.65 bits per heavy atom. The average Bonchev–Trinajstić information content (AvgIpc) is 2.81. The molecule has 0 saturated heterocycles. The summed E-state index contributed by atoms with van der Waals surface area (Å²) in [5.74, 6) is -0.264. The summed E-state index contributed by atoms with van der Waals surface area (Å²) < 4.78 is 9.60. The van der Waals surface area contributed by atoms with Crippen LogP contribution in [0.5, 0.6) is 0 Å². The molecule has 0 spiro atoms. The lowest BCUT2D eigenvalue weighted by Gasteiger charge is -2.25. The lowest BCUT2D eigenvalue weighted by molar-refractivity contribution is -0.140. The number of esters is 1. The minimum absolute atomic E-state index is 0.00254. The Morgan fingerprint density at radius 2 is 2.18 bits per heavy atom. The van der Waals surface area contributed by atoms with Gasteiger partial charge in [0.15, 0.2) is 5.76 Å². The van der Waals surface area contributed by atoms with Gasteiger partial charge >= 0.3 is 5.97 Å². The van der Waals surface area contributed by atoms with Crippen LogP contribution in [-0.2, 0) is 9.53 Å². The number of carbonyl (C=O) groups excluding carboxylic acids is 2. The molecule has 0 aliphatic carbocycles. The highest BCUT2D eigenvalue weighted by Crippen LogP contribution is 2.09. The standard InChI is InChI=1S/C12H17NO4/c1-9(2)13(7-6-11(14)16-3)12(15)10-5-4-8-17-10/h4-5,8-9H,6-7H2,1-3H3. The molecular formula is C12H17NO4. The van der Waals surface area contributed by atoms with Gasteiger partial charge in [-0.05, 0) is 26.0 Å². The minimum atomic E-state index is -0.331. The van der Waals surface area contributed by atoms with Crippen molar-refractivity contribution in [3.63, 3.8) is 0 Å². The van der Waals surface area contributed by atoms with Gasteiger partial charge in [0.25, 0.3) is 5.91 Å².